The van der Waals surface area contributed by atoms with Crippen LogP contribution in [-0.2, 0) is 16.5 Å². The van der Waals surface area contributed by atoms with Gasteiger partial charge >= 0.3 is 11.9 Å². The second kappa shape index (κ2) is 5.70. The summed E-state index contributed by atoms with van der Waals surface area (Å²) in [6, 6.07) is 8.94. The number of carbonyl (C=O) groups excluding carboxylic acids is 2. The molecule has 0 aliphatic heterocycles. The third-order valence-electron chi connectivity index (χ3n) is 3.18. The van der Waals surface area contributed by atoms with E-state index >= 15 is 0 Å². The smallest absolute Gasteiger partial charge is 0.358 e. The Morgan fingerprint density at radius 3 is 2.14 bits per heavy atom. The van der Waals surface area contributed by atoms with Crippen LogP contribution < -0.4 is 0 Å². The third-order valence-corrected chi connectivity index (χ3v) is 3.18. The van der Waals surface area contributed by atoms with Crippen LogP contribution in [0.3, 0.4) is 0 Å². The molecule has 0 radical (unpaired) electrons. The van der Waals surface area contributed by atoms with Crippen LogP contribution in [0.2, 0.25) is 0 Å². The van der Waals surface area contributed by atoms with E-state index in [0.717, 1.165) is 0 Å². The lowest BCUT2D eigenvalue weighted by Gasteiger charge is -2.07. The van der Waals surface area contributed by atoms with Gasteiger partial charge < -0.3 is 19.1 Å². The van der Waals surface area contributed by atoms with E-state index in [1.807, 2.05) is 6.07 Å². The molecule has 0 saturated heterocycles. The molecule has 0 bridgehead atoms. The van der Waals surface area contributed by atoms with E-state index in [-0.39, 0.29) is 11.3 Å². The number of benzene rings is 1. The Morgan fingerprint density at radius 2 is 1.62 bits per heavy atom. The van der Waals surface area contributed by atoms with Crippen LogP contribution in [0, 0.1) is 0 Å². The summed E-state index contributed by atoms with van der Waals surface area (Å²) in [4.78, 5) is 23.8. The van der Waals surface area contributed by atoms with Crippen molar-refractivity contribution in [1.29, 1.82) is 0 Å². The minimum atomic E-state index is -0.734. The van der Waals surface area contributed by atoms with Crippen LogP contribution in [0.5, 0.6) is 5.75 Å². The molecule has 0 spiro atoms. The Labute approximate surface area is 121 Å². The largest absolute Gasteiger partial charge is 0.505 e. The predicted octanol–water partition coefficient (Wildman–Crippen LogP) is 1.97. The maximum absolute atomic E-state index is 12.0. The van der Waals surface area contributed by atoms with Gasteiger partial charge in [0.1, 0.15) is 5.56 Å². The van der Waals surface area contributed by atoms with Crippen molar-refractivity contribution in [2.24, 2.45) is 7.05 Å². The highest BCUT2D eigenvalue weighted by Gasteiger charge is 2.31. The van der Waals surface area contributed by atoms with Crippen molar-refractivity contribution in [3.05, 3.63) is 41.6 Å². The van der Waals surface area contributed by atoms with Gasteiger partial charge in [0.2, 0.25) is 0 Å². The Bertz CT molecular complexity index is 688. The highest BCUT2D eigenvalue weighted by Crippen LogP contribution is 2.36. The summed E-state index contributed by atoms with van der Waals surface area (Å²) in [5.74, 6) is -1.91. The Kier molecular flexibility index (Phi) is 3.98. The molecular weight excluding hydrogens is 274 g/mol. The first-order chi connectivity index (χ1) is 10.0. The Morgan fingerprint density at radius 1 is 1.05 bits per heavy atom. The molecule has 110 valence electrons. The normalized spacial score (nSPS) is 10.2. The van der Waals surface area contributed by atoms with Crippen LogP contribution in [0.15, 0.2) is 30.3 Å². The molecule has 0 aliphatic carbocycles. The molecule has 0 amide bonds. The van der Waals surface area contributed by atoms with E-state index < -0.39 is 17.7 Å². The van der Waals surface area contributed by atoms with Gasteiger partial charge in [-0.1, -0.05) is 30.3 Å². The summed E-state index contributed by atoms with van der Waals surface area (Å²) in [6.45, 7) is 0. The summed E-state index contributed by atoms with van der Waals surface area (Å²) in [5, 5.41) is 10.2. The number of methoxy groups -OCH3 is 2. The third kappa shape index (κ3) is 2.35. The first-order valence-electron chi connectivity index (χ1n) is 6.16. The van der Waals surface area contributed by atoms with Gasteiger partial charge in [0.15, 0.2) is 11.4 Å². The SMILES string of the molecule is COC(=O)c1c(O)c(C(=O)OC)n(C)c1-c1ccccc1. The van der Waals surface area contributed by atoms with Crippen molar-refractivity contribution in [2.75, 3.05) is 14.2 Å². The van der Waals surface area contributed by atoms with E-state index in [9.17, 15) is 14.7 Å². The van der Waals surface area contributed by atoms with Crippen LogP contribution in [0.25, 0.3) is 11.3 Å². The van der Waals surface area contributed by atoms with Gasteiger partial charge in [0.05, 0.1) is 19.9 Å². The number of nitrogens with zero attached hydrogens (tertiary/aromatic N) is 1. The predicted molar refractivity (Wildman–Crippen MR) is 75.2 cm³/mol. The molecule has 21 heavy (non-hydrogen) atoms. The summed E-state index contributed by atoms with van der Waals surface area (Å²) >= 11 is 0. The van der Waals surface area contributed by atoms with Crippen LogP contribution >= 0.6 is 0 Å². The molecule has 2 aromatic rings. The van der Waals surface area contributed by atoms with Crippen molar-refractivity contribution in [2.45, 2.75) is 0 Å². The van der Waals surface area contributed by atoms with E-state index in [2.05, 4.69) is 4.74 Å². The average Bonchev–Trinajstić information content (AvgIpc) is 2.77. The molecule has 0 aliphatic rings. The maximum atomic E-state index is 12.0. The quantitative estimate of drug-likeness (QED) is 0.874. The highest BCUT2D eigenvalue weighted by molar-refractivity contribution is 6.05. The van der Waals surface area contributed by atoms with Crippen molar-refractivity contribution in [1.82, 2.24) is 4.57 Å². The second-order valence-corrected chi connectivity index (χ2v) is 4.33. The molecule has 1 heterocycles. The summed E-state index contributed by atoms with van der Waals surface area (Å²) < 4.78 is 10.8. The van der Waals surface area contributed by atoms with E-state index in [0.29, 0.717) is 11.3 Å². The molecule has 1 aromatic heterocycles. The number of ether oxygens (including phenoxy) is 2. The molecule has 0 atom stereocenters. The molecule has 1 aromatic carbocycles. The lowest BCUT2D eigenvalue weighted by Crippen LogP contribution is -2.08. The zero-order chi connectivity index (χ0) is 15.6. The summed E-state index contributed by atoms with van der Waals surface area (Å²) in [7, 11) is 3.98. The fourth-order valence-electron chi connectivity index (χ4n) is 2.23. The molecule has 0 unspecified atom stereocenters. The van der Waals surface area contributed by atoms with Gasteiger partial charge in [-0.2, -0.15) is 0 Å². The van der Waals surface area contributed by atoms with Crippen molar-refractivity contribution in [3.63, 3.8) is 0 Å². The lowest BCUT2D eigenvalue weighted by atomic mass is 10.1. The number of aromatic nitrogens is 1. The van der Waals surface area contributed by atoms with Gasteiger partial charge in [0, 0.05) is 7.05 Å². The van der Waals surface area contributed by atoms with E-state index in [1.165, 1.54) is 18.8 Å². The Hall–Kier alpha value is -2.76. The standard InChI is InChI=1S/C15H15NO5/c1-16-11(9-7-5-4-6-8-9)10(14(18)20-2)13(17)12(16)15(19)21-3/h4-8,17H,1-3H3. The van der Waals surface area contributed by atoms with Gasteiger partial charge in [-0.25, -0.2) is 9.59 Å². The van der Waals surface area contributed by atoms with E-state index in [1.54, 1.807) is 31.3 Å². The summed E-state index contributed by atoms with van der Waals surface area (Å²) in [6.07, 6.45) is 0. The minimum absolute atomic E-state index is 0.0633. The molecule has 6 heteroatoms. The number of rotatable bonds is 3. The molecule has 6 nitrogen and oxygen atoms in total. The van der Waals surface area contributed by atoms with Gasteiger partial charge in [0.25, 0.3) is 0 Å². The van der Waals surface area contributed by atoms with Crippen LogP contribution in [0.4, 0.5) is 0 Å². The fourth-order valence-corrected chi connectivity index (χ4v) is 2.23. The minimum Gasteiger partial charge on any atom is -0.505 e. The van der Waals surface area contributed by atoms with Gasteiger partial charge in [-0.3, -0.25) is 0 Å². The molecular formula is C15H15NO5. The fraction of sp³-hybridized carbons (Fsp3) is 0.200. The number of aromatic hydroxyl groups is 1. The maximum Gasteiger partial charge on any atom is 0.358 e. The second-order valence-electron chi connectivity index (χ2n) is 4.33. The summed E-state index contributed by atoms with van der Waals surface area (Å²) in [5.41, 5.74) is 0.898. The monoisotopic (exact) mass is 289 g/mol. The molecule has 0 saturated carbocycles. The molecule has 2 rings (SSSR count). The first kappa shape index (κ1) is 14.6. The number of hydrogen-bond donors (Lipinski definition) is 1. The van der Waals surface area contributed by atoms with Crippen molar-refractivity contribution < 1.29 is 24.2 Å². The van der Waals surface area contributed by atoms with Gasteiger partial charge in [-0.15, -0.1) is 0 Å². The number of esters is 2. The van der Waals surface area contributed by atoms with Crippen LogP contribution in [0.1, 0.15) is 20.8 Å². The first-order valence-corrected chi connectivity index (χ1v) is 6.16. The Balaban J connectivity index is 2.79. The molecule has 1 N–H and O–H groups in total. The molecule has 0 fully saturated rings. The average molecular weight is 289 g/mol. The lowest BCUT2D eigenvalue weighted by molar-refractivity contribution is 0.0586. The van der Waals surface area contributed by atoms with Crippen LogP contribution in [-0.4, -0.2) is 35.8 Å². The van der Waals surface area contributed by atoms with Gasteiger partial charge in [-0.05, 0) is 5.56 Å². The number of carbonyl (C=O) groups is 2. The topological polar surface area (TPSA) is 77.8 Å². The van der Waals surface area contributed by atoms with Crippen molar-refractivity contribution >= 4 is 11.9 Å². The zero-order valence-electron chi connectivity index (χ0n) is 11.9. The highest BCUT2D eigenvalue weighted by atomic mass is 16.5. The zero-order valence-corrected chi connectivity index (χ0v) is 11.9. The number of hydrogen-bond acceptors (Lipinski definition) is 5. The van der Waals surface area contributed by atoms with Crippen molar-refractivity contribution in [3.8, 4) is 17.0 Å². The van der Waals surface area contributed by atoms with E-state index in [4.69, 9.17) is 4.74 Å².